The van der Waals surface area contributed by atoms with E-state index in [1.165, 1.54) is 17.1 Å². The number of alkyl halides is 3. The summed E-state index contributed by atoms with van der Waals surface area (Å²) in [5.74, 6) is 2.26. The molecular weight excluding hydrogens is 467 g/mol. The van der Waals surface area contributed by atoms with E-state index in [-0.39, 0.29) is 22.9 Å². The Morgan fingerprint density at radius 1 is 1.27 bits per heavy atom. The summed E-state index contributed by atoms with van der Waals surface area (Å²) in [6, 6.07) is 0. The van der Waals surface area contributed by atoms with Crippen molar-refractivity contribution in [2.24, 2.45) is 7.05 Å². The Morgan fingerprint density at radius 3 is 2.61 bits per heavy atom. The Labute approximate surface area is 189 Å². The van der Waals surface area contributed by atoms with Crippen molar-refractivity contribution in [1.29, 1.82) is 0 Å². The van der Waals surface area contributed by atoms with Crippen molar-refractivity contribution in [3.63, 3.8) is 0 Å². The minimum Gasteiger partial charge on any atom is -0.340 e. The van der Waals surface area contributed by atoms with Crippen LogP contribution in [0, 0.1) is 11.8 Å². The number of rotatable bonds is 5. The van der Waals surface area contributed by atoms with Gasteiger partial charge in [-0.15, -0.1) is 5.92 Å². The number of thioether (sulfide) groups is 1. The Hall–Kier alpha value is -3.25. The second-order valence-electron chi connectivity index (χ2n) is 6.79. The molecule has 0 aliphatic carbocycles. The molecule has 2 N–H and O–H groups in total. The molecule has 33 heavy (non-hydrogen) atoms. The summed E-state index contributed by atoms with van der Waals surface area (Å²) in [6.45, 7) is 4.80. The number of amides is 1. The minimum absolute atomic E-state index is 0.114. The number of nitrogens with zero attached hydrogens (tertiary/aromatic N) is 5. The predicted octanol–water partition coefficient (Wildman–Crippen LogP) is -0.208. The Bertz CT molecular complexity index is 1180. The highest BCUT2D eigenvalue weighted by Crippen LogP contribution is 2.22. The molecule has 2 aromatic rings. The Kier molecular flexibility index (Phi) is 7.49. The third-order valence-electron chi connectivity index (χ3n) is 4.56. The summed E-state index contributed by atoms with van der Waals surface area (Å²) in [6.07, 6.45) is -5.24. The largest absolute Gasteiger partial charge is 0.493 e. The number of aromatic nitrogens is 4. The van der Waals surface area contributed by atoms with Gasteiger partial charge in [-0.25, -0.2) is 9.78 Å². The van der Waals surface area contributed by atoms with Gasteiger partial charge in [-0.1, -0.05) is 17.7 Å². The standard InChI is InChI=1S/C18H20F3N7O4S/c1-3-4-7-28-12-13(23-16(28)27-8-5-22-6-9-27)24-17(26(2)14(12)30)33-10-11(29)25-32-15(31)18(19,20)21/h22H,5-10H2,1-2H3,(H,25,29). The molecule has 3 rings (SSSR count). The van der Waals surface area contributed by atoms with Crippen LogP contribution in [0.2, 0.25) is 0 Å². The fourth-order valence-corrected chi connectivity index (χ4v) is 3.74. The molecule has 178 valence electrons. The number of piperazine rings is 1. The van der Waals surface area contributed by atoms with Crippen LogP contribution >= 0.6 is 11.8 Å². The average molecular weight is 487 g/mol. The molecule has 2 aromatic heterocycles. The fraction of sp³-hybridized carbons (Fsp3) is 0.500. The van der Waals surface area contributed by atoms with Crippen molar-refractivity contribution in [2.75, 3.05) is 36.8 Å². The number of anilines is 1. The van der Waals surface area contributed by atoms with Gasteiger partial charge in [0.25, 0.3) is 11.5 Å². The van der Waals surface area contributed by atoms with Gasteiger partial charge in [0, 0.05) is 33.2 Å². The molecule has 0 radical (unpaired) electrons. The highest BCUT2D eigenvalue weighted by molar-refractivity contribution is 7.99. The van der Waals surface area contributed by atoms with Gasteiger partial charge < -0.3 is 15.1 Å². The van der Waals surface area contributed by atoms with Gasteiger partial charge in [0.2, 0.25) is 5.95 Å². The lowest BCUT2D eigenvalue weighted by atomic mass is 10.4. The first kappa shape index (κ1) is 24.4. The van der Waals surface area contributed by atoms with Crippen LogP contribution < -0.4 is 21.3 Å². The van der Waals surface area contributed by atoms with Gasteiger partial charge in [-0.05, 0) is 6.92 Å². The number of halogens is 3. The molecule has 1 fully saturated rings. The third-order valence-corrected chi connectivity index (χ3v) is 5.59. The molecule has 15 heteroatoms. The summed E-state index contributed by atoms with van der Waals surface area (Å²) in [4.78, 5) is 50.1. The predicted molar refractivity (Wildman–Crippen MR) is 112 cm³/mol. The molecule has 0 unspecified atom stereocenters. The monoisotopic (exact) mass is 487 g/mol. The van der Waals surface area contributed by atoms with E-state index in [9.17, 15) is 27.6 Å². The van der Waals surface area contributed by atoms with Gasteiger partial charge in [-0.2, -0.15) is 23.6 Å². The van der Waals surface area contributed by atoms with E-state index in [0.29, 0.717) is 19.0 Å². The first-order valence-corrected chi connectivity index (χ1v) is 10.6. The van der Waals surface area contributed by atoms with Gasteiger partial charge >= 0.3 is 12.1 Å². The van der Waals surface area contributed by atoms with Crippen LogP contribution in [0.3, 0.4) is 0 Å². The summed E-state index contributed by atoms with van der Waals surface area (Å²) in [7, 11) is 1.45. The lowest BCUT2D eigenvalue weighted by Crippen LogP contribution is -2.44. The van der Waals surface area contributed by atoms with Crippen LogP contribution in [0.5, 0.6) is 0 Å². The molecule has 0 atom stereocenters. The first-order chi connectivity index (χ1) is 15.6. The maximum atomic E-state index is 13.1. The molecule has 0 spiro atoms. The molecule has 0 saturated carbocycles. The number of carbonyl (C=O) groups is 2. The zero-order valence-electron chi connectivity index (χ0n) is 17.7. The highest BCUT2D eigenvalue weighted by atomic mass is 32.2. The number of nitrogens with one attached hydrogen (secondary N) is 2. The summed E-state index contributed by atoms with van der Waals surface area (Å²) < 4.78 is 39.3. The van der Waals surface area contributed by atoms with Crippen molar-refractivity contribution in [3.05, 3.63) is 10.4 Å². The number of hydrogen-bond donors (Lipinski definition) is 2. The summed E-state index contributed by atoms with van der Waals surface area (Å²) in [5.41, 5.74) is 1.41. The van der Waals surface area contributed by atoms with Gasteiger partial charge in [0.05, 0.1) is 12.3 Å². The maximum Gasteiger partial charge on any atom is 0.493 e. The molecule has 3 heterocycles. The number of carbonyl (C=O) groups excluding carboxylic acids is 2. The van der Waals surface area contributed by atoms with Gasteiger partial charge in [0.1, 0.15) is 0 Å². The molecular formula is C18H20F3N7O4S. The van der Waals surface area contributed by atoms with E-state index < -0.39 is 29.4 Å². The Balaban J connectivity index is 1.85. The number of hydrogen-bond acceptors (Lipinski definition) is 9. The van der Waals surface area contributed by atoms with E-state index >= 15 is 0 Å². The summed E-state index contributed by atoms with van der Waals surface area (Å²) in [5, 5.41) is 3.35. The smallest absolute Gasteiger partial charge is 0.340 e. The second-order valence-corrected chi connectivity index (χ2v) is 7.74. The fourth-order valence-electron chi connectivity index (χ4n) is 2.99. The van der Waals surface area contributed by atoms with Crippen molar-refractivity contribution >= 4 is 40.8 Å². The first-order valence-electron chi connectivity index (χ1n) is 9.65. The van der Waals surface area contributed by atoms with Crippen molar-refractivity contribution in [2.45, 2.75) is 24.8 Å². The maximum absolute atomic E-state index is 13.1. The third kappa shape index (κ3) is 5.57. The van der Waals surface area contributed by atoms with Crippen LogP contribution in [0.25, 0.3) is 11.2 Å². The van der Waals surface area contributed by atoms with Crippen LogP contribution in [0.4, 0.5) is 19.1 Å². The molecule has 1 amide bonds. The van der Waals surface area contributed by atoms with Gasteiger partial charge in [-0.3, -0.25) is 18.7 Å². The summed E-state index contributed by atoms with van der Waals surface area (Å²) >= 11 is 0.778. The lowest BCUT2D eigenvalue weighted by Gasteiger charge is -2.28. The molecule has 1 saturated heterocycles. The average Bonchev–Trinajstić information content (AvgIpc) is 3.15. The Morgan fingerprint density at radius 2 is 1.97 bits per heavy atom. The zero-order chi connectivity index (χ0) is 24.2. The molecule has 1 aliphatic heterocycles. The number of hydroxylamine groups is 1. The van der Waals surface area contributed by atoms with E-state index in [2.05, 4.69) is 32.0 Å². The molecule has 0 bridgehead atoms. The van der Waals surface area contributed by atoms with Crippen molar-refractivity contribution in [3.8, 4) is 11.8 Å². The number of fused-ring (bicyclic) bond motifs is 1. The quantitative estimate of drug-likeness (QED) is 0.255. The number of imidazole rings is 1. The van der Waals surface area contributed by atoms with Crippen LogP contribution in [-0.4, -0.2) is 69.1 Å². The van der Waals surface area contributed by atoms with Gasteiger partial charge in [0.15, 0.2) is 16.3 Å². The van der Waals surface area contributed by atoms with Crippen molar-refractivity contribution in [1.82, 2.24) is 29.9 Å². The normalized spacial score (nSPS) is 14.0. The van der Waals surface area contributed by atoms with E-state index in [4.69, 9.17) is 0 Å². The van der Waals surface area contributed by atoms with Crippen LogP contribution in [0.15, 0.2) is 9.95 Å². The van der Waals surface area contributed by atoms with E-state index in [0.717, 1.165) is 24.9 Å². The van der Waals surface area contributed by atoms with Crippen LogP contribution in [-0.2, 0) is 28.0 Å². The van der Waals surface area contributed by atoms with E-state index in [1.54, 1.807) is 11.5 Å². The SMILES string of the molecule is CC#CCn1c(N2CCNCC2)nc2nc(SCC(=O)NOC(=O)C(F)(F)F)n(C)c(=O)c21. The van der Waals surface area contributed by atoms with Crippen LogP contribution in [0.1, 0.15) is 6.92 Å². The molecule has 0 aromatic carbocycles. The lowest BCUT2D eigenvalue weighted by molar-refractivity contribution is -0.207. The highest BCUT2D eigenvalue weighted by Gasteiger charge is 2.42. The molecule has 1 aliphatic rings. The second kappa shape index (κ2) is 10.1. The van der Waals surface area contributed by atoms with E-state index in [1.807, 2.05) is 4.90 Å². The zero-order valence-corrected chi connectivity index (χ0v) is 18.5. The van der Waals surface area contributed by atoms with Crippen molar-refractivity contribution < 1.29 is 27.6 Å². The minimum atomic E-state index is -5.24. The molecule has 11 nitrogen and oxygen atoms in total. The topological polar surface area (TPSA) is 123 Å².